The zero-order valence-electron chi connectivity index (χ0n) is 10.6. The van der Waals surface area contributed by atoms with Crippen LogP contribution in [-0.4, -0.2) is 50.7 Å². The number of β-amino-alcohol motifs (C(OH)–C–C–N with tert-alkyl or cyclic N) is 2. The van der Waals surface area contributed by atoms with E-state index in [9.17, 15) is 19.8 Å². The molecule has 1 aliphatic rings. The first-order valence-corrected chi connectivity index (χ1v) is 6.04. The van der Waals surface area contributed by atoms with Crippen LogP contribution in [0.15, 0.2) is 30.3 Å². The molecule has 0 aromatic heterocycles. The van der Waals surface area contributed by atoms with Crippen LogP contribution in [0, 0.1) is 0 Å². The molecule has 0 radical (unpaired) electrons. The third-order valence-electron chi connectivity index (χ3n) is 3.04. The Morgan fingerprint density at radius 3 is 2.55 bits per heavy atom. The lowest BCUT2D eigenvalue weighted by molar-refractivity contribution is -0.152. The monoisotopic (exact) mass is 281 g/mol. The second-order valence-corrected chi connectivity index (χ2v) is 4.71. The number of likely N-dealkylation sites (tertiary alicyclic amines) is 1. The van der Waals surface area contributed by atoms with Gasteiger partial charge < -0.3 is 20.1 Å². The van der Waals surface area contributed by atoms with Gasteiger partial charge in [0.2, 0.25) is 0 Å². The second-order valence-electron chi connectivity index (χ2n) is 4.71. The normalized spacial score (nSPS) is 20.7. The van der Waals surface area contributed by atoms with Crippen LogP contribution in [0.3, 0.4) is 0 Å². The predicted octanol–water partition coefficient (Wildman–Crippen LogP) is 0.163. The zero-order valence-corrected chi connectivity index (χ0v) is 10.6. The standard InChI is InChI=1S/C13H15NO6/c15-11(16)10-6-13(18,19)8-14(10)12(17)20-7-9-4-2-1-3-5-9/h1-5,10,18-19H,6-8H2,(H,15,16). The maximum atomic E-state index is 11.8. The molecule has 0 spiro atoms. The fraction of sp³-hybridized carbons (Fsp3) is 0.385. The highest BCUT2D eigenvalue weighted by Crippen LogP contribution is 2.26. The summed E-state index contributed by atoms with van der Waals surface area (Å²) < 4.78 is 4.99. The van der Waals surface area contributed by atoms with Crippen LogP contribution < -0.4 is 0 Å². The van der Waals surface area contributed by atoms with Crippen LogP contribution in [0.1, 0.15) is 12.0 Å². The zero-order chi connectivity index (χ0) is 14.8. The number of hydrogen-bond acceptors (Lipinski definition) is 5. The Hall–Kier alpha value is -2.12. The lowest BCUT2D eigenvalue weighted by atomic mass is 10.1. The molecule has 0 aliphatic carbocycles. The van der Waals surface area contributed by atoms with Gasteiger partial charge in [-0.15, -0.1) is 0 Å². The smallest absolute Gasteiger partial charge is 0.411 e. The molecular formula is C13H15NO6. The third-order valence-corrected chi connectivity index (χ3v) is 3.04. The molecule has 1 saturated heterocycles. The predicted molar refractivity (Wildman–Crippen MR) is 66.5 cm³/mol. The Labute approximate surface area is 115 Å². The fourth-order valence-electron chi connectivity index (χ4n) is 2.08. The molecule has 1 amide bonds. The minimum absolute atomic E-state index is 0.00757. The van der Waals surface area contributed by atoms with Crippen molar-refractivity contribution in [1.82, 2.24) is 4.90 Å². The highest BCUT2D eigenvalue weighted by Gasteiger charge is 2.47. The van der Waals surface area contributed by atoms with E-state index in [0.717, 1.165) is 10.5 Å². The summed E-state index contributed by atoms with van der Waals surface area (Å²) in [6.45, 7) is -0.496. The van der Waals surface area contributed by atoms with E-state index in [2.05, 4.69) is 0 Å². The Kier molecular flexibility index (Phi) is 3.91. The molecule has 7 heteroatoms. The molecule has 108 valence electrons. The van der Waals surface area contributed by atoms with Crippen LogP contribution in [0.5, 0.6) is 0 Å². The molecular weight excluding hydrogens is 266 g/mol. The van der Waals surface area contributed by atoms with E-state index >= 15 is 0 Å². The summed E-state index contributed by atoms with van der Waals surface area (Å²) in [6.07, 6.45) is -1.32. The number of aliphatic hydroxyl groups is 2. The number of aliphatic carboxylic acids is 1. The number of carboxylic acid groups (broad SMARTS) is 1. The molecule has 3 N–H and O–H groups in total. The summed E-state index contributed by atoms with van der Waals surface area (Å²) >= 11 is 0. The van der Waals surface area contributed by atoms with E-state index < -0.39 is 36.9 Å². The summed E-state index contributed by atoms with van der Waals surface area (Å²) in [5, 5.41) is 27.9. The Balaban J connectivity index is 1.99. The summed E-state index contributed by atoms with van der Waals surface area (Å²) in [5.74, 6) is -3.50. The van der Waals surface area contributed by atoms with E-state index in [1.807, 2.05) is 6.07 Å². The molecule has 7 nitrogen and oxygen atoms in total. The van der Waals surface area contributed by atoms with Gasteiger partial charge in [0.05, 0.1) is 6.54 Å². The number of amides is 1. The van der Waals surface area contributed by atoms with E-state index in [1.54, 1.807) is 24.3 Å². The van der Waals surface area contributed by atoms with Crippen molar-refractivity contribution in [3.8, 4) is 0 Å². The average molecular weight is 281 g/mol. The number of carbonyl (C=O) groups excluding carboxylic acids is 1. The lowest BCUT2D eigenvalue weighted by Crippen LogP contribution is -2.41. The van der Waals surface area contributed by atoms with Crippen molar-refractivity contribution in [3.63, 3.8) is 0 Å². The van der Waals surface area contributed by atoms with Crippen molar-refractivity contribution in [1.29, 1.82) is 0 Å². The molecule has 1 fully saturated rings. The topological polar surface area (TPSA) is 107 Å². The van der Waals surface area contributed by atoms with Gasteiger partial charge in [0, 0.05) is 6.42 Å². The third kappa shape index (κ3) is 3.25. The number of ether oxygens (including phenoxy) is 1. The van der Waals surface area contributed by atoms with Gasteiger partial charge in [-0.2, -0.15) is 0 Å². The fourth-order valence-corrected chi connectivity index (χ4v) is 2.08. The highest BCUT2D eigenvalue weighted by molar-refractivity contribution is 5.81. The van der Waals surface area contributed by atoms with Crippen molar-refractivity contribution in [2.75, 3.05) is 6.54 Å². The molecule has 1 atom stereocenters. The highest BCUT2D eigenvalue weighted by atomic mass is 16.6. The molecule has 1 aliphatic heterocycles. The molecule has 1 unspecified atom stereocenters. The maximum Gasteiger partial charge on any atom is 0.411 e. The van der Waals surface area contributed by atoms with E-state index in [4.69, 9.17) is 9.84 Å². The average Bonchev–Trinajstić information content (AvgIpc) is 2.74. The first kappa shape index (κ1) is 14.3. The first-order valence-electron chi connectivity index (χ1n) is 6.04. The minimum Gasteiger partial charge on any atom is -0.480 e. The second kappa shape index (κ2) is 5.48. The summed E-state index contributed by atoms with van der Waals surface area (Å²) in [4.78, 5) is 23.7. The number of carboxylic acids is 1. The number of hydrogen-bond donors (Lipinski definition) is 3. The lowest BCUT2D eigenvalue weighted by Gasteiger charge is -2.20. The van der Waals surface area contributed by atoms with Crippen LogP contribution in [0.2, 0.25) is 0 Å². The van der Waals surface area contributed by atoms with Gasteiger partial charge in [-0.3, -0.25) is 4.90 Å². The van der Waals surface area contributed by atoms with E-state index in [1.165, 1.54) is 0 Å². The maximum absolute atomic E-state index is 11.8. The molecule has 0 bridgehead atoms. The Morgan fingerprint density at radius 2 is 1.95 bits per heavy atom. The van der Waals surface area contributed by atoms with Crippen LogP contribution in [0.25, 0.3) is 0 Å². The minimum atomic E-state index is -2.20. The SMILES string of the molecule is O=C(O)C1CC(O)(O)CN1C(=O)OCc1ccccc1. The van der Waals surface area contributed by atoms with Gasteiger partial charge in [0.15, 0.2) is 5.79 Å². The molecule has 1 aromatic rings. The van der Waals surface area contributed by atoms with Gasteiger partial charge >= 0.3 is 12.1 Å². The van der Waals surface area contributed by atoms with Gasteiger partial charge in [-0.1, -0.05) is 30.3 Å². The first-order chi connectivity index (χ1) is 9.39. The quantitative estimate of drug-likeness (QED) is 0.681. The molecule has 1 heterocycles. The van der Waals surface area contributed by atoms with Gasteiger partial charge in [0.1, 0.15) is 12.6 Å². The number of nitrogens with zero attached hydrogens (tertiary/aromatic N) is 1. The number of rotatable bonds is 3. The Morgan fingerprint density at radius 1 is 1.30 bits per heavy atom. The number of carbonyl (C=O) groups is 2. The van der Waals surface area contributed by atoms with E-state index in [0.29, 0.717) is 0 Å². The summed E-state index contributed by atoms with van der Waals surface area (Å²) in [6, 6.07) is 7.60. The molecule has 0 saturated carbocycles. The van der Waals surface area contributed by atoms with Crippen molar-refractivity contribution in [2.24, 2.45) is 0 Å². The van der Waals surface area contributed by atoms with Crippen molar-refractivity contribution >= 4 is 12.1 Å². The molecule has 1 aromatic carbocycles. The summed E-state index contributed by atoms with van der Waals surface area (Å²) in [7, 11) is 0. The number of benzene rings is 1. The van der Waals surface area contributed by atoms with Gasteiger partial charge in [-0.25, -0.2) is 9.59 Å². The van der Waals surface area contributed by atoms with Crippen LogP contribution in [-0.2, 0) is 16.1 Å². The van der Waals surface area contributed by atoms with Crippen LogP contribution in [0.4, 0.5) is 4.79 Å². The van der Waals surface area contributed by atoms with E-state index in [-0.39, 0.29) is 6.61 Å². The van der Waals surface area contributed by atoms with Crippen molar-refractivity contribution in [3.05, 3.63) is 35.9 Å². The summed E-state index contributed by atoms with van der Waals surface area (Å²) in [5.41, 5.74) is 0.756. The molecule has 20 heavy (non-hydrogen) atoms. The van der Waals surface area contributed by atoms with Crippen molar-refractivity contribution in [2.45, 2.75) is 24.9 Å². The Bertz CT molecular complexity index is 501. The van der Waals surface area contributed by atoms with Crippen molar-refractivity contribution < 1.29 is 29.6 Å². The largest absolute Gasteiger partial charge is 0.480 e. The van der Waals surface area contributed by atoms with Gasteiger partial charge in [-0.05, 0) is 5.56 Å². The van der Waals surface area contributed by atoms with Crippen LogP contribution >= 0.6 is 0 Å². The molecule has 2 rings (SSSR count). The van der Waals surface area contributed by atoms with Gasteiger partial charge in [0.25, 0.3) is 0 Å².